The van der Waals surface area contributed by atoms with Gasteiger partial charge in [0.25, 0.3) is 11.8 Å². The van der Waals surface area contributed by atoms with Crippen LogP contribution in [0.4, 0.5) is 21.5 Å². The van der Waals surface area contributed by atoms with Crippen molar-refractivity contribution in [2.75, 3.05) is 55.2 Å². The zero-order valence-electron chi connectivity index (χ0n) is 28.2. The number of ether oxygens (including phenoxy) is 3. The first-order valence-corrected chi connectivity index (χ1v) is 17.7. The molecule has 8 rings (SSSR count). The number of nitrogens with zero attached hydrogens (tertiary/aromatic N) is 3. The summed E-state index contributed by atoms with van der Waals surface area (Å²) in [5.74, 6) is -6.97. The number of carbonyl (C=O) groups excluding carboxylic acids is 4. The molecule has 4 fully saturated rings. The highest BCUT2D eigenvalue weighted by molar-refractivity contribution is 6.58. The number of fused-ring (bicyclic) bond motifs is 4. The number of aromatic hydroxyl groups is 1. The molecule has 0 aromatic heterocycles. The Morgan fingerprint density at radius 2 is 1.38 bits per heavy atom. The number of morpholine rings is 1. The van der Waals surface area contributed by atoms with Gasteiger partial charge in [-0.3, -0.25) is 24.1 Å². The second kappa shape index (κ2) is 12.5. The second-order valence-corrected chi connectivity index (χ2v) is 14.9. The molecule has 3 aliphatic heterocycles. The third-order valence-corrected chi connectivity index (χ3v) is 12.6. The number of alkyl halides is 2. The fourth-order valence-corrected chi connectivity index (χ4v) is 9.68. The van der Waals surface area contributed by atoms with Gasteiger partial charge in [-0.1, -0.05) is 11.6 Å². The van der Waals surface area contributed by atoms with Crippen molar-refractivity contribution >= 4 is 63.9 Å². The summed E-state index contributed by atoms with van der Waals surface area (Å²) in [4.78, 5) is 57.7. The van der Waals surface area contributed by atoms with Crippen molar-refractivity contribution in [2.24, 2.45) is 17.8 Å². The van der Waals surface area contributed by atoms with Crippen LogP contribution in [0.3, 0.4) is 0 Å². The van der Waals surface area contributed by atoms with Gasteiger partial charge in [0.05, 0.1) is 50.6 Å². The summed E-state index contributed by atoms with van der Waals surface area (Å²) in [6.45, 7) is 2.67. The first-order chi connectivity index (χ1) is 24.9. The number of amides is 4. The van der Waals surface area contributed by atoms with Crippen LogP contribution < -0.4 is 24.2 Å². The summed E-state index contributed by atoms with van der Waals surface area (Å²) >= 11 is 14.9. The van der Waals surface area contributed by atoms with Crippen molar-refractivity contribution in [1.82, 2.24) is 0 Å². The van der Waals surface area contributed by atoms with E-state index in [-0.39, 0.29) is 41.7 Å². The van der Waals surface area contributed by atoms with Gasteiger partial charge in [0.15, 0.2) is 21.2 Å². The molecule has 52 heavy (non-hydrogen) atoms. The van der Waals surface area contributed by atoms with Crippen LogP contribution in [-0.4, -0.2) is 79.0 Å². The molecule has 3 saturated heterocycles. The van der Waals surface area contributed by atoms with E-state index in [9.17, 15) is 28.7 Å². The van der Waals surface area contributed by atoms with Gasteiger partial charge in [-0.25, -0.2) is 9.29 Å². The molecule has 2 aliphatic carbocycles. The Morgan fingerprint density at radius 3 is 2.00 bits per heavy atom. The Bertz CT molecular complexity index is 2010. The molecule has 0 unspecified atom stereocenters. The highest BCUT2D eigenvalue weighted by Gasteiger charge is 2.76. The fraction of sp³-hybridized carbons (Fsp3) is 0.368. The summed E-state index contributed by atoms with van der Waals surface area (Å²) < 4.78 is 30.3. The molecule has 3 heterocycles. The number of phenolic OH excluding ortho intramolecular Hbond substituents is 1. The van der Waals surface area contributed by atoms with Crippen molar-refractivity contribution in [3.05, 3.63) is 83.7 Å². The van der Waals surface area contributed by atoms with Gasteiger partial charge in [-0.15, -0.1) is 23.2 Å². The van der Waals surface area contributed by atoms with Gasteiger partial charge >= 0.3 is 0 Å². The van der Waals surface area contributed by atoms with E-state index in [0.717, 1.165) is 35.8 Å². The van der Waals surface area contributed by atoms with Gasteiger partial charge in [0, 0.05) is 24.7 Å². The van der Waals surface area contributed by atoms with E-state index in [1.807, 2.05) is 18.2 Å². The standard InChI is InChI=1S/C38H34Cl2FN3O8/c1-50-28-17-20(18-29(51-2)32(28)45)31-25-11-12-26-30(34(47)43(33(26)46)23-9-7-22(8-10-23)42-13-15-52-16-14-42)27(25)19-37(39)35(48)44(36(49)38(31,37)40)24-5-3-21(41)4-6-24/h3-11,17-18,26-27,30-31,45H,12-16,19H2,1-2H3/t26-,27+,30-,31-,37+,38-/m0/s1. The lowest BCUT2D eigenvalue weighted by Crippen LogP contribution is -2.60. The van der Waals surface area contributed by atoms with Gasteiger partial charge in [0.2, 0.25) is 17.6 Å². The number of benzene rings is 3. The molecule has 3 aromatic rings. The molecule has 11 nitrogen and oxygen atoms in total. The quantitative estimate of drug-likeness (QED) is 0.207. The molecule has 6 atom stereocenters. The van der Waals surface area contributed by atoms with Crippen LogP contribution in [0.1, 0.15) is 24.3 Å². The average molecular weight is 751 g/mol. The predicted octanol–water partition coefficient (Wildman–Crippen LogP) is 5.15. The normalized spacial score (nSPS) is 29.9. The number of anilines is 3. The Balaban J connectivity index is 1.24. The monoisotopic (exact) mass is 749 g/mol. The lowest BCUT2D eigenvalue weighted by Gasteiger charge is -2.50. The summed E-state index contributed by atoms with van der Waals surface area (Å²) in [7, 11) is 2.69. The zero-order valence-corrected chi connectivity index (χ0v) is 29.7. The van der Waals surface area contributed by atoms with E-state index in [1.165, 1.54) is 43.4 Å². The molecule has 3 aromatic carbocycles. The molecular weight excluding hydrogens is 716 g/mol. The van der Waals surface area contributed by atoms with Crippen LogP contribution in [0.15, 0.2) is 72.3 Å². The SMILES string of the molecule is COc1cc([C@H]2C3=CC[C@@H]4C(=O)N(c5ccc(N6CCOCC6)cc5)C(=O)[C@@H]4[C@@H]3C[C@@]3(Cl)C(=O)N(c4ccc(F)cc4)C(=O)[C@@]23Cl)cc(OC)c1O. The van der Waals surface area contributed by atoms with E-state index < -0.39 is 57.0 Å². The Morgan fingerprint density at radius 1 is 0.808 bits per heavy atom. The minimum Gasteiger partial charge on any atom is -0.502 e. The Labute approximate surface area is 308 Å². The predicted molar refractivity (Wildman–Crippen MR) is 190 cm³/mol. The van der Waals surface area contributed by atoms with Gasteiger partial charge in [0.1, 0.15) is 5.82 Å². The van der Waals surface area contributed by atoms with Gasteiger partial charge < -0.3 is 24.2 Å². The average Bonchev–Trinajstić information content (AvgIpc) is 3.50. The van der Waals surface area contributed by atoms with Crippen LogP contribution in [0, 0.1) is 23.6 Å². The van der Waals surface area contributed by atoms with Crippen LogP contribution in [0.2, 0.25) is 0 Å². The molecule has 4 amide bonds. The van der Waals surface area contributed by atoms with Crippen LogP contribution in [0.25, 0.3) is 0 Å². The number of halogens is 3. The number of rotatable bonds is 6. The molecule has 270 valence electrons. The smallest absolute Gasteiger partial charge is 0.258 e. The third-order valence-electron chi connectivity index (χ3n) is 11.2. The van der Waals surface area contributed by atoms with E-state index in [0.29, 0.717) is 30.0 Å². The minimum absolute atomic E-state index is 0.0113. The molecule has 0 spiro atoms. The third kappa shape index (κ3) is 4.80. The van der Waals surface area contributed by atoms with Gasteiger partial charge in [-0.2, -0.15) is 0 Å². The number of carbonyl (C=O) groups is 4. The Kier molecular flexibility index (Phi) is 8.27. The van der Waals surface area contributed by atoms with Gasteiger partial charge in [-0.05, 0) is 85.0 Å². The number of imide groups is 2. The summed E-state index contributed by atoms with van der Waals surface area (Å²) in [6.07, 6.45) is 1.74. The zero-order chi connectivity index (χ0) is 36.7. The first-order valence-electron chi connectivity index (χ1n) is 16.9. The second-order valence-electron chi connectivity index (χ2n) is 13.7. The van der Waals surface area contributed by atoms with E-state index in [4.69, 9.17) is 37.4 Å². The maximum Gasteiger partial charge on any atom is 0.258 e. The van der Waals surface area contributed by atoms with E-state index >= 15 is 0 Å². The first kappa shape index (κ1) is 34.4. The molecule has 0 radical (unpaired) electrons. The van der Waals surface area contributed by atoms with Crippen molar-refractivity contribution in [1.29, 1.82) is 0 Å². The summed E-state index contributed by atoms with van der Waals surface area (Å²) in [5.41, 5.74) is 2.31. The molecule has 0 bridgehead atoms. The fourth-order valence-electron chi connectivity index (χ4n) is 8.74. The highest BCUT2D eigenvalue weighted by atomic mass is 35.5. The largest absolute Gasteiger partial charge is 0.502 e. The van der Waals surface area contributed by atoms with Crippen LogP contribution in [-0.2, 0) is 23.9 Å². The van der Waals surface area contributed by atoms with Crippen LogP contribution in [0.5, 0.6) is 17.2 Å². The van der Waals surface area contributed by atoms with Crippen molar-refractivity contribution in [2.45, 2.75) is 28.5 Å². The maximum atomic E-state index is 14.6. The highest BCUT2D eigenvalue weighted by Crippen LogP contribution is 2.66. The minimum atomic E-state index is -2.16. The van der Waals surface area contributed by atoms with Crippen molar-refractivity contribution in [3.8, 4) is 17.2 Å². The van der Waals surface area contributed by atoms with E-state index in [1.54, 1.807) is 12.1 Å². The summed E-state index contributed by atoms with van der Waals surface area (Å²) in [5, 5.41) is 10.8. The molecule has 14 heteroatoms. The maximum absolute atomic E-state index is 14.6. The van der Waals surface area contributed by atoms with Crippen molar-refractivity contribution in [3.63, 3.8) is 0 Å². The van der Waals surface area contributed by atoms with Crippen molar-refractivity contribution < 1.29 is 42.9 Å². The summed E-state index contributed by atoms with van der Waals surface area (Å²) in [6, 6.07) is 15.0. The number of allylic oxidation sites excluding steroid dienone is 2. The topological polar surface area (TPSA) is 126 Å². The lowest BCUT2D eigenvalue weighted by molar-refractivity contribution is -0.125. The lowest BCUT2D eigenvalue weighted by atomic mass is 9.56. The van der Waals surface area contributed by atoms with E-state index in [2.05, 4.69) is 4.90 Å². The molecule has 5 aliphatic rings. The Hall–Kier alpha value is -4.65. The molecule has 1 N–H and O–H groups in total. The number of phenols is 1. The molecular formula is C38H34Cl2FN3O8. The molecule has 1 saturated carbocycles. The number of methoxy groups -OCH3 is 2. The van der Waals surface area contributed by atoms with Crippen LogP contribution >= 0.6 is 23.2 Å². The number of hydrogen-bond donors (Lipinski definition) is 1. The number of hydrogen-bond acceptors (Lipinski definition) is 9.